The summed E-state index contributed by atoms with van der Waals surface area (Å²) in [4.78, 5) is 1.87. The van der Waals surface area contributed by atoms with Crippen LogP contribution in [0.2, 0.25) is 0 Å². The number of rotatable bonds is 2. The van der Waals surface area contributed by atoms with Crippen molar-refractivity contribution in [3.05, 3.63) is 59.7 Å². The highest BCUT2D eigenvalue weighted by atomic mass is 32.2. The summed E-state index contributed by atoms with van der Waals surface area (Å²) < 4.78 is 0. The smallest absolute Gasteiger partial charge is 0.100 e. The Labute approximate surface area is 104 Å². The molecule has 0 heterocycles. The summed E-state index contributed by atoms with van der Waals surface area (Å²) in [6.07, 6.45) is 0. The van der Waals surface area contributed by atoms with Crippen LogP contribution in [0.25, 0.3) is 0 Å². The zero-order valence-corrected chi connectivity index (χ0v) is 9.74. The third kappa shape index (κ3) is 2.66. The molecule has 2 nitrogen and oxygen atoms in total. The summed E-state index contributed by atoms with van der Waals surface area (Å²) in [5, 5.41) is 17.9. The Morgan fingerprint density at radius 3 is 2.29 bits per heavy atom. The van der Waals surface area contributed by atoms with Crippen LogP contribution in [0.5, 0.6) is 0 Å². The van der Waals surface area contributed by atoms with Crippen LogP contribution in [-0.2, 0) is 0 Å². The molecule has 17 heavy (non-hydrogen) atoms. The standard InChI is InChI=1S/C14H8N2S/c15-9-11-6-7-12(10-16)14(8-11)17-13-4-2-1-3-5-13/h1-8H. The molecule has 2 rings (SSSR count). The van der Waals surface area contributed by atoms with E-state index in [-0.39, 0.29) is 0 Å². The van der Waals surface area contributed by atoms with E-state index in [4.69, 9.17) is 10.5 Å². The van der Waals surface area contributed by atoms with E-state index in [1.807, 2.05) is 30.3 Å². The van der Waals surface area contributed by atoms with E-state index in [9.17, 15) is 0 Å². The Hall–Kier alpha value is -2.23. The summed E-state index contributed by atoms with van der Waals surface area (Å²) in [6.45, 7) is 0. The topological polar surface area (TPSA) is 47.6 Å². The molecule has 0 saturated heterocycles. The van der Waals surface area contributed by atoms with Gasteiger partial charge in [0.25, 0.3) is 0 Å². The molecule has 0 atom stereocenters. The van der Waals surface area contributed by atoms with E-state index < -0.39 is 0 Å². The first kappa shape index (κ1) is 11.3. The fraction of sp³-hybridized carbons (Fsp3) is 0. The number of nitrogens with zero attached hydrogens (tertiary/aromatic N) is 2. The van der Waals surface area contributed by atoms with E-state index in [1.165, 1.54) is 11.8 Å². The number of nitriles is 2. The minimum absolute atomic E-state index is 0.572. The zero-order chi connectivity index (χ0) is 12.1. The fourth-order valence-electron chi connectivity index (χ4n) is 1.38. The van der Waals surface area contributed by atoms with Crippen molar-refractivity contribution in [1.29, 1.82) is 10.5 Å². The number of hydrogen-bond acceptors (Lipinski definition) is 3. The predicted octanol–water partition coefficient (Wildman–Crippen LogP) is 3.58. The molecular formula is C14H8N2S. The second-order valence-electron chi connectivity index (χ2n) is 3.35. The SMILES string of the molecule is N#Cc1ccc(C#N)c(Sc2ccccc2)c1. The van der Waals surface area contributed by atoms with Gasteiger partial charge in [-0.15, -0.1) is 0 Å². The maximum atomic E-state index is 9.01. The minimum Gasteiger partial charge on any atom is -0.192 e. The van der Waals surface area contributed by atoms with Crippen LogP contribution < -0.4 is 0 Å². The van der Waals surface area contributed by atoms with E-state index in [2.05, 4.69) is 12.1 Å². The first-order valence-corrected chi connectivity index (χ1v) is 5.82. The minimum atomic E-state index is 0.572. The van der Waals surface area contributed by atoms with Crippen molar-refractivity contribution in [2.75, 3.05) is 0 Å². The highest BCUT2D eigenvalue weighted by Crippen LogP contribution is 2.30. The third-order valence-electron chi connectivity index (χ3n) is 2.20. The average molecular weight is 236 g/mol. The first-order chi connectivity index (χ1) is 8.33. The van der Waals surface area contributed by atoms with Gasteiger partial charge in [0.1, 0.15) is 6.07 Å². The molecule has 0 radical (unpaired) electrons. The Kier molecular flexibility index (Phi) is 3.45. The van der Waals surface area contributed by atoms with Crippen LogP contribution in [0, 0.1) is 22.7 Å². The lowest BCUT2D eigenvalue weighted by Crippen LogP contribution is -1.83. The van der Waals surface area contributed by atoms with E-state index >= 15 is 0 Å². The first-order valence-electron chi connectivity index (χ1n) is 5.00. The molecule has 0 amide bonds. The lowest BCUT2D eigenvalue weighted by atomic mass is 10.2. The molecule has 0 fully saturated rings. The van der Waals surface area contributed by atoms with E-state index in [0.717, 1.165) is 9.79 Å². The lowest BCUT2D eigenvalue weighted by Gasteiger charge is -2.03. The summed E-state index contributed by atoms with van der Waals surface area (Å²) >= 11 is 1.49. The molecule has 0 spiro atoms. The van der Waals surface area contributed by atoms with Crippen molar-refractivity contribution in [1.82, 2.24) is 0 Å². The molecule has 0 aliphatic rings. The summed E-state index contributed by atoms with van der Waals surface area (Å²) in [5.41, 5.74) is 1.17. The normalized spacial score (nSPS) is 9.29. The van der Waals surface area contributed by atoms with Gasteiger partial charge >= 0.3 is 0 Å². The molecule has 0 aromatic heterocycles. The third-order valence-corrected chi connectivity index (χ3v) is 3.27. The molecule has 0 aliphatic heterocycles. The molecule has 0 bridgehead atoms. The summed E-state index contributed by atoms with van der Waals surface area (Å²) in [7, 11) is 0. The quantitative estimate of drug-likeness (QED) is 0.800. The van der Waals surface area contributed by atoms with E-state index in [0.29, 0.717) is 11.1 Å². The van der Waals surface area contributed by atoms with Crippen molar-refractivity contribution >= 4 is 11.8 Å². The maximum Gasteiger partial charge on any atom is 0.100 e. The second-order valence-corrected chi connectivity index (χ2v) is 4.47. The zero-order valence-electron chi connectivity index (χ0n) is 8.92. The lowest BCUT2D eigenvalue weighted by molar-refractivity contribution is 1.33. The van der Waals surface area contributed by atoms with Gasteiger partial charge in [0.2, 0.25) is 0 Å². The van der Waals surface area contributed by atoms with Crippen LogP contribution in [0.1, 0.15) is 11.1 Å². The van der Waals surface area contributed by atoms with Crippen LogP contribution in [0.3, 0.4) is 0 Å². The van der Waals surface area contributed by atoms with Crippen molar-refractivity contribution in [3.8, 4) is 12.1 Å². The van der Waals surface area contributed by atoms with E-state index in [1.54, 1.807) is 18.2 Å². The molecule has 0 aliphatic carbocycles. The van der Waals surface area contributed by atoms with Gasteiger partial charge in [-0.25, -0.2) is 0 Å². The molecule has 80 valence electrons. The second kappa shape index (κ2) is 5.21. The molecule has 0 unspecified atom stereocenters. The van der Waals surface area contributed by atoms with Gasteiger partial charge < -0.3 is 0 Å². The Bertz CT molecular complexity index is 606. The molecule has 3 heteroatoms. The molecular weight excluding hydrogens is 228 g/mol. The summed E-state index contributed by atoms with van der Waals surface area (Å²) in [5.74, 6) is 0. The highest BCUT2D eigenvalue weighted by Gasteiger charge is 2.05. The molecule has 2 aromatic carbocycles. The van der Waals surface area contributed by atoms with Crippen LogP contribution >= 0.6 is 11.8 Å². The van der Waals surface area contributed by atoms with Crippen molar-refractivity contribution in [2.24, 2.45) is 0 Å². The highest BCUT2D eigenvalue weighted by molar-refractivity contribution is 7.99. The molecule has 2 aromatic rings. The van der Waals surface area contributed by atoms with Gasteiger partial charge in [-0.05, 0) is 30.3 Å². The van der Waals surface area contributed by atoms with Gasteiger partial charge in [0.05, 0.1) is 17.2 Å². The monoisotopic (exact) mass is 236 g/mol. The Morgan fingerprint density at radius 2 is 1.65 bits per heavy atom. The summed E-state index contributed by atoms with van der Waals surface area (Å²) in [6, 6.07) is 19.1. The Balaban J connectivity index is 2.39. The van der Waals surface area contributed by atoms with Gasteiger partial charge in [0, 0.05) is 9.79 Å². The van der Waals surface area contributed by atoms with Gasteiger partial charge in [-0.3, -0.25) is 0 Å². The van der Waals surface area contributed by atoms with Crippen molar-refractivity contribution in [2.45, 2.75) is 9.79 Å². The average Bonchev–Trinajstić information content (AvgIpc) is 2.40. The van der Waals surface area contributed by atoms with Crippen molar-refractivity contribution in [3.63, 3.8) is 0 Å². The van der Waals surface area contributed by atoms with Crippen LogP contribution in [0.4, 0.5) is 0 Å². The van der Waals surface area contributed by atoms with Crippen LogP contribution in [0.15, 0.2) is 58.3 Å². The molecule has 0 saturated carbocycles. The largest absolute Gasteiger partial charge is 0.192 e. The number of hydrogen-bond donors (Lipinski definition) is 0. The van der Waals surface area contributed by atoms with Gasteiger partial charge in [0.15, 0.2) is 0 Å². The fourth-order valence-corrected chi connectivity index (χ4v) is 2.34. The van der Waals surface area contributed by atoms with Gasteiger partial charge in [-0.2, -0.15) is 10.5 Å². The predicted molar refractivity (Wildman–Crippen MR) is 66.4 cm³/mol. The maximum absolute atomic E-state index is 9.01. The van der Waals surface area contributed by atoms with Crippen LogP contribution in [-0.4, -0.2) is 0 Å². The molecule has 0 N–H and O–H groups in total. The Morgan fingerprint density at radius 1 is 0.882 bits per heavy atom. The van der Waals surface area contributed by atoms with Gasteiger partial charge in [-0.1, -0.05) is 30.0 Å². The number of benzene rings is 2. The van der Waals surface area contributed by atoms with Crippen molar-refractivity contribution < 1.29 is 0 Å².